The maximum atomic E-state index is 13.3. The molecule has 31 heavy (non-hydrogen) atoms. The van der Waals surface area contributed by atoms with E-state index in [9.17, 15) is 9.18 Å². The first-order valence-corrected chi connectivity index (χ1v) is 10.1. The quantitative estimate of drug-likeness (QED) is 0.505. The van der Waals surface area contributed by atoms with E-state index < -0.39 is 0 Å². The van der Waals surface area contributed by atoms with Crippen molar-refractivity contribution in [1.82, 2.24) is 10.2 Å². The second-order valence-electron chi connectivity index (χ2n) is 7.17. The molecule has 0 fully saturated rings. The minimum Gasteiger partial charge on any atom is -0.493 e. The zero-order chi connectivity index (χ0) is 22.1. The molecule has 2 aromatic carbocycles. The maximum absolute atomic E-state index is 13.3. The lowest BCUT2D eigenvalue weighted by atomic mass is 10.1. The predicted octanol–water partition coefficient (Wildman–Crippen LogP) is 3.80. The fourth-order valence-electron chi connectivity index (χ4n) is 3.20. The van der Waals surface area contributed by atoms with Gasteiger partial charge in [0, 0.05) is 25.7 Å². The summed E-state index contributed by atoms with van der Waals surface area (Å²) in [6.45, 7) is 1.85. The van der Waals surface area contributed by atoms with Crippen LogP contribution < -0.4 is 14.8 Å². The van der Waals surface area contributed by atoms with E-state index in [0.29, 0.717) is 31.1 Å². The van der Waals surface area contributed by atoms with Gasteiger partial charge in [-0.15, -0.1) is 0 Å². The normalized spacial score (nSPS) is 10.8. The monoisotopic (exact) mass is 426 g/mol. The molecule has 0 radical (unpaired) electrons. The number of likely N-dealkylation sites (N-methyl/N-ethyl adjacent to an activating group) is 1. The second kappa shape index (κ2) is 11.2. The Labute approximate surface area is 181 Å². The van der Waals surface area contributed by atoms with E-state index in [2.05, 4.69) is 10.2 Å². The number of benzene rings is 2. The number of furan rings is 1. The molecule has 1 N–H and O–H groups in total. The SMILES string of the molecule is CNC(=O)CN(CCc1ccc(OCc2cccc(F)c2)c(OC)c1)Cc1ccoc1. The fraction of sp³-hybridized carbons (Fsp3) is 0.292. The van der Waals surface area contributed by atoms with Crippen molar-refractivity contribution in [3.63, 3.8) is 0 Å². The molecular weight excluding hydrogens is 399 g/mol. The van der Waals surface area contributed by atoms with Crippen molar-refractivity contribution in [3.05, 3.63) is 83.6 Å². The molecule has 0 saturated carbocycles. The lowest BCUT2D eigenvalue weighted by Crippen LogP contribution is -2.36. The Bertz CT molecular complexity index is 975. The van der Waals surface area contributed by atoms with Gasteiger partial charge in [0.2, 0.25) is 5.91 Å². The zero-order valence-corrected chi connectivity index (χ0v) is 17.8. The number of nitrogens with one attached hydrogen (secondary N) is 1. The smallest absolute Gasteiger partial charge is 0.233 e. The van der Waals surface area contributed by atoms with Gasteiger partial charge in [0.05, 0.1) is 26.2 Å². The van der Waals surface area contributed by atoms with Gasteiger partial charge in [-0.3, -0.25) is 9.69 Å². The minimum absolute atomic E-state index is 0.0397. The summed E-state index contributed by atoms with van der Waals surface area (Å²) in [4.78, 5) is 13.9. The third-order valence-electron chi connectivity index (χ3n) is 4.86. The van der Waals surface area contributed by atoms with Crippen molar-refractivity contribution in [2.24, 2.45) is 0 Å². The van der Waals surface area contributed by atoms with Crippen molar-refractivity contribution >= 4 is 5.91 Å². The number of carbonyl (C=O) groups is 1. The molecule has 0 bridgehead atoms. The number of halogens is 1. The molecule has 0 atom stereocenters. The molecule has 1 aromatic heterocycles. The highest BCUT2D eigenvalue weighted by molar-refractivity contribution is 5.77. The van der Waals surface area contributed by atoms with Gasteiger partial charge in [0.1, 0.15) is 12.4 Å². The van der Waals surface area contributed by atoms with E-state index >= 15 is 0 Å². The third-order valence-corrected chi connectivity index (χ3v) is 4.86. The highest BCUT2D eigenvalue weighted by Crippen LogP contribution is 2.29. The highest BCUT2D eigenvalue weighted by atomic mass is 19.1. The van der Waals surface area contributed by atoms with Crippen LogP contribution in [0.2, 0.25) is 0 Å². The number of methoxy groups -OCH3 is 1. The number of amides is 1. The molecule has 0 aliphatic heterocycles. The molecule has 1 amide bonds. The van der Waals surface area contributed by atoms with Gasteiger partial charge < -0.3 is 19.2 Å². The first kappa shape index (κ1) is 22.4. The largest absolute Gasteiger partial charge is 0.493 e. The number of nitrogens with zero attached hydrogens (tertiary/aromatic N) is 1. The van der Waals surface area contributed by atoms with E-state index in [1.165, 1.54) is 12.1 Å². The molecule has 7 heteroatoms. The molecule has 0 aliphatic carbocycles. The average Bonchev–Trinajstić information content (AvgIpc) is 3.29. The lowest BCUT2D eigenvalue weighted by molar-refractivity contribution is -0.121. The van der Waals surface area contributed by atoms with Crippen molar-refractivity contribution in [3.8, 4) is 11.5 Å². The summed E-state index contributed by atoms with van der Waals surface area (Å²) < 4.78 is 29.8. The molecule has 1 heterocycles. The van der Waals surface area contributed by atoms with Gasteiger partial charge in [0.15, 0.2) is 11.5 Å². The van der Waals surface area contributed by atoms with Gasteiger partial charge in [-0.05, 0) is 47.9 Å². The topological polar surface area (TPSA) is 63.9 Å². The fourth-order valence-corrected chi connectivity index (χ4v) is 3.20. The van der Waals surface area contributed by atoms with Crippen molar-refractivity contribution in [2.45, 2.75) is 19.6 Å². The first-order valence-electron chi connectivity index (χ1n) is 10.1. The summed E-state index contributed by atoms with van der Waals surface area (Å²) in [5.41, 5.74) is 2.82. The maximum Gasteiger partial charge on any atom is 0.233 e. The van der Waals surface area contributed by atoms with E-state index in [-0.39, 0.29) is 18.3 Å². The first-order chi connectivity index (χ1) is 15.1. The Morgan fingerprint density at radius 2 is 1.97 bits per heavy atom. The second-order valence-corrected chi connectivity index (χ2v) is 7.17. The van der Waals surface area contributed by atoms with Crippen LogP contribution >= 0.6 is 0 Å². The van der Waals surface area contributed by atoms with Crippen LogP contribution in [-0.2, 0) is 24.4 Å². The zero-order valence-electron chi connectivity index (χ0n) is 17.8. The minimum atomic E-state index is -0.292. The average molecular weight is 426 g/mol. The summed E-state index contributed by atoms with van der Waals surface area (Å²) in [5, 5.41) is 2.67. The van der Waals surface area contributed by atoms with Crippen molar-refractivity contribution < 1.29 is 23.1 Å². The molecule has 3 aromatic rings. The number of rotatable bonds is 11. The summed E-state index contributed by atoms with van der Waals surface area (Å²) in [5.74, 6) is 0.875. The molecule has 0 aliphatic rings. The van der Waals surface area contributed by atoms with E-state index in [1.807, 2.05) is 30.3 Å². The molecule has 6 nitrogen and oxygen atoms in total. The molecule has 0 spiro atoms. The van der Waals surface area contributed by atoms with Crippen LogP contribution in [0.15, 0.2) is 65.5 Å². The predicted molar refractivity (Wildman–Crippen MR) is 115 cm³/mol. The number of hydrogen-bond acceptors (Lipinski definition) is 5. The highest BCUT2D eigenvalue weighted by Gasteiger charge is 2.13. The Morgan fingerprint density at radius 3 is 2.68 bits per heavy atom. The van der Waals surface area contributed by atoms with E-state index in [4.69, 9.17) is 13.9 Å². The van der Waals surface area contributed by atoms with Crippen LogP contribution in [0.5, 0.6) is 11.5 Å². The molecule has 0 unspecified atom stereocenters. The van der Waals surface area contributed by atoms with Crippen molar-refractivity contribution in [1.29, 1.82) is 0 Å². The van der Waals surface area contributed by atoms with E-state index in [0.717, 1.165) is 23.1 Å². The molecule has 3 rings (SSSR count). The van der Waals surface area contributed by atoms with Gasteiger partial charge in [-0.25, -0.2) is 4.39 Å². The summed E-state index contributed by atoms with van der Waals surface area (Å²) in [6.07, 6.45) is 4.04. The van der Waals surface area contributed by atoms with Crippen LogP contribution in [0.4, 0.5) is 4.39 Å². The Balaban J connectivity index is 1.62. The molecule has 164 valence electrons. The Kier molecular flexibility index (Phi) is 8.06. The van der Waals surface area contributed by atoms with Gasteiger partial charge in [0.25, 0.3) is 0 Å². The number of hydrogen-bond donors (Lipinski definition) is 1. The third kappa shape index (κ3) is 6.86. The lowest BCUT2D eigenvalue weighted by Gasteiger charge is -2.21. The Hall–Kier alpha value is -3.32. The molecule has 0 saturated heterocycles. The summed E-state index contributed by atoms with van der Waals surface area (Å²) >= 11 is 0. The van der Waals surface area contributed by atoms with Crippen LogP contribution in [0, 0.1) is 5.82 Å². The summed E-state index contributed by atoms with van der Waals surface area (Å²) in [6, 6.07) is 14.0. The molecular formula is C24H27FN2O4. The number of carbonyl (C=O) groups excluding carboxylic acids is 1. The van der Waals surface area contributed by atoms with Gasteiger partial charge >= 0.3 is 0 Å². The van der Waals surface area contributed by atoms with Crippen LogP contribution in [0.3, 0.4) is 0 Å². The summed E-state index contributed by atoms with van der Waals surface area (Å²) in [7, 11) is 3.22. The van der Waals surface area contributed by atoms with Gasteiger partial charge in [-0.1, -0.05) is 18.2 Å². The van der Waals surface area contributed by atoms with Crippen LogP contribution in [0.1, 0.15) is 16.7 Å². The number of ether oxygens (including phenoxy) is 2. The van der Waals surface area contributed by atoms with Crippen LogP contribution in [-0.4, -0.2) is 38.1 Å². The standard InChI is InChI=1S/C24H27FN2O4/c1-26-24(28)15-27(14-20-9-11-30-16-20)10-8-18-6-7-22(23(13-18)29-2)31-17-19-4-3-5-21(25)12-19/h3-7,9,11-13,16H,8,10,14-15,17H2,1-2H3,(H,26,28). The van der Waals surface area contributed by atoms with Gasteiger partial charge in [-0.2, -0.15) is 0 Å². The van der Waals surface area contributed by atoms with E-state index in [1.54, 1.807) is 32.8 Å². The van der Waals surface area contributed by atoms with Crippen molar-refractivity contribution in [2.75, 3.05) is 27.2 Å². The Morgan fingerprint density at radius 1 is 1.10 bits per heavy atom. The van der Waals surface area contributed by atoms with Crippen LogP contribution in [0.25, 0.3) is 0 Å².